The topological polar surface area (TPSA) is 73.6 Å². The fourth-order valence-corrected chi connectivity index (χ4v) is 1.75. The van der Waals surface area contributed by atoms with Gasteiger partial charge >= 0.3 is 6.36 Å². The summed E-state index contributed by atoms with van der Waals surface area (Å²) in [6.45, 7) is 0.265. The van der Waals surface area contributed by atoms with Crippen molar-refractivity contribution in [2.75, 3.05) is 19.0 Å². The van der Waals surface area contributed by atoms with Crippen LogP contribution in [0.2, 0.25) is 0 Å². The maximum Gasteiger partial charge on any atom is 0.573 e. The highest BCUT2D eigenvalue weighted by atomic mass is 79.9. The van der Waals surface area contributed by atoms with Crippen LogP contribution in [0.3, 0.4) is 0 Å². The van der Waals surface area contributed by atoms with Gasteiger partial charge < -0.3 is 20.5 Å². The van der Waals surface area contributed by atoms with Gasteiger partial charge in [0.05, 0.1) is 11.7 Å². The third-order valence-corrected chi connectivity index (χ3v) is 2.89. The first-order valence-corrected chi connectivity index (χ1v) is 6.63. The van der Waals surface area contributed by atoms with Crippen LogP contribution in [-0.4, -0.2) is 32.0 Å². The van der Waals surface area contributed by atoms with Crippen LogP contribution in [0.15, 0.2) is 22.7 Å². The molecule has 118 valence electrons. The molecule has 1 atom stereocenters. The first-order chi connectivity index (χ1) is 9.73. The van der Waals surface area contributed by atoms with Crippen molar-refractivity contribution >= 4 is 27.5 Å². The number of carbonyl (C=O) groups excluding carboxylic acids is 1. The van der Waals surface area contributed by atoms with E-state index in [1.807, 2.05) is 0 Å². The van der Waals surface area contributed by atoms with E-state index in [-0.39, 0.29) is 18.7 Å². The normalized spacial score (nSPS) is 12.9. The number of hydrogen-bond donors (Lipinski definition) is 2. The molecule has 9 heteroatoms. The molecule has 0 bridgehead atoms. The molecule has 0 aliphatic heterocycles. The van der Waals surface area contributed by atoms with Crippen molar-refractivity contribution in [1.29, 1.82) is 0 Å². The van der Waals surface area contributed by atoms with Crippen LogP contribution in [0.1, 0.15) is 6.42 Å². The lowest BCUT2D eigenvalue weighted by molar-refractivity contribution is -0.274. The molecule has 1 aromatic rings. The minimum absolute atomic E-state index is 0.117. The highest BCUT2D eigenvalue weighted by molar-refractivity contribution is 9.10. The number of anilines is 1. The summed E-state index contributed by atoms with van der Waals surface area (Å²) in [5.74, 6) is -1.15. The van der Waals surface area contributed by atoms with Crippen molar-refractivity contribution in [3.8, 4) is 5.75 Å². The predicted molar refractivity (Wildman–Crippen MR) is 73.9 cm³/mol. The van der Waals surface area contributed by atoms with Crippen molar-refractivity contribution in [1.82, 2.24) is 0 Å². The molecule has 3 N–H and O–H groups in total. The number of alkyl halides is 3. The molecular formula is C12H14BrF3N2O3. The highest BCUT2D eigenvalue weighted by Gasteiger charge is 2.32. The number of hydrogen-bond acceptors (Lipinski definition) is 4. The Morgan fingerprint density at radius 2 is 2.14 bits per heavy atom. The smallest absolute Gasteiger partial charge is 0.404 e. The molecule has 0 aliphatic carbocycles. The monoisotopic (exact) mass is 370 g/mol. The summed E-state index contributed by atoms with van der Waals surface area (Å²) < 4.78 is 46.0. The van der Waals surface area contributed by atoms with Crippen LogP contribution < -0.4 is 15.8 Å². The molecule has 0 fully saturated rings. The minimum Gasteiger partial charge on any atom is -0.404 e. The Labute approximate surface area is 127 Å². The molecule has 0 saturated heterocycles. The summed E-state index contributed by atoms with van der Waals surface area (Å²) in [5.41, 5.74) is 5.48. The van der Waals surface area contributed by atoms with Crippen molar-refractivity contribution in [2.45, 2.75) is 18.8 Å². The zero-order valence-electron chi connectivity index (χ0n) is 11.0. The van der Waals surface area contributed by atoms with Crippen molar-refractivity contribution in [3.63, 3.8) is 0 Å². The quantitative estimate of drug-likeness (QED) is 0.807. The Bertz CT molecular complexity index is 497. The summed E-state index contributed by atoms with van der Waals surface area (Å²) in [4.78, 5) is 11.8. The molecule has 0 aromatic heterocycles. The van der Waals surface area contributed by atoms with Crippen molar-refractivity contribution in [2.24, 2.45) is 5.73 Å². The van der Waals surface area contributed by atoms with E-state index in [0.29, 0.717) is 4.47 Å². The number of ether oxygens (including phenoxy) is 2. The largest absolute Gasteiger partial charge is 0.573 e. The number of carbonyl (C=O) groups is 1. The van der Waals surface area contributed by atoms with E-state index in [1.54, 1.807) is 0 Å². The Hall–Kier alpha value is -1.32. The van der Waals surface area contributed by atoms with Crippen molar-refractivity contribution in [3.05, 3.63) is 22.7 Å². The first-order valence-electron chi connectivity index (χ1n) is 5.83. The molecule has 0 radical (unpaired) electrons. The maximum atomic E-state index is 12.3. The van der Waals surface area contributed by atoms with Gasteiger partial charge in [-0.15, -0.1) is 13.2 Å². The van der Waals surface area contributed by atoms with Crippen LogP contribution in [0.4, 0.5) is 18.9 Å². The number of amides is 1. The molecular weight excluding hydrogens is 357 g/mol. The molecule has 0 heterocycles. The summed E-state index contributed by atoms with van der Waals surface area (Å²) >= 11 is 3.03. The highest BCUT2D eigenvalue weighted by Crippen LogP contribution is 2.33. The van der Waals surface area contributed by atoms with E-state index < -0.39 is 24.1 Å². The van der Waals surface area contributed by atoms with Gasteiger partial charge in [0, 0.05) is 18.2 Å². The van der Waals surface area contributed by atoms with Gasteiger partial charge in [-0.25, -0.2) is 0 Å². The molecule has 1 amide bonds. The van der Waals surface area contributed by atoms with Crippen molar-refractivity contribution < 1.29 is 27.4 Å². The van der Waals surface area contributed by atoms with E-state index in [9.17, 15) is 18.0 Å². The molecule has 1 aromatic carbocycles. The van der Waals surface area contributed by atoms with Gasteiger partial charge in [-0.2, -0.15) is 0 Å². The summed E-state index contributed by atoms with van der Waals surface area (Å²) in [5, 5.41) is 2.30. The molecule has 1 unspecified atom stereocenters. The SMILES string of the molecule is COCCC(N)C(=O)Nc1ccc(Br)cc1OC(F)(F)F. The zero-order chi connectivity index (χ0) is 16.0. The minimum atomic E-state index is -4.86. The summed E-state index contributed by atoms with van der Waals surface area (Å²) in [7, 11) is 1.45. The Morgan fingerprint density at radius 3 is 2.71 bits per heavy atom. The third kappa shape index (κ3) is 6.32. The number of nitrogens with two attached hydrogens (primary N) is 1. The Kier molecular flexibility index (Phi) is 6.43. The van der Waals surface area contributed by atoms with Crippen LogP contribution in [-0.2, 0) is 9.53 Å². The van der Waals surface area contributed by atoms with Gasteiger partial charge in [-0.3, -0.25) is 4.79 Å². The van der Waals surface area contributed by atoms with Gasteiger partial charge in [0.1, 0.15) is 0 Å². The average Bonchev–Trinajstić information content (AvgIpc) is 2.37. The van der Waals surface area contributed by atoms with E-state index >= 15 is 0 Å². The lowest BCUT2D eigenvalue weighted by Gasteiger charge is -2.16. The second kappa shape index (κ2) is 7.62. The van der Waals surface area contributed by atoms with Crippen LogP contribution >= 0.6 is 15.9 Å². The lowest BCUT2D eigenvalue weighted by Crippen LogP contribution is -2.36. The van der Waals surface area contributed by atoms with Crippen LogP contribution in [0, 0.1) is 0 Å². The number of nitrogens with one attached hydrogen (secondary N) is 1. The third-order valence-electron chi connectivity index (χ3n) is 2.40. The van der Waals surface area contributed by atoms with Gasteiger partial charge in [-0.1, -0.05) is 15.9 Å². The molecule has 21 heavy (non-hydrogen) atoms. The molecule has 0 aliphatic rings. The summed E-state index contributed by atoms with van der Waals surface area (Å²) in [6, 6.07) is 2.96. The van der Waals surface area contributed by atoms with Gasteiger partial charge in [0.15, 0.2) is 5.75 Å². The van der Waals surface area contributed by atoms with Crippen LogP contribution in [0.25, 0.3) is 0 Å². The predicted octanol–water partition coefficient (Wildman–Crippen LogP) is 2.65. The van der Waals surface area contributed by atoms with Gasteiger partial charge in [0.2, 0.25) is 5.91 Å². The van der Waals surface area contributed by atoms with E-state index in [1.165, 1.54) is 19.2 Å². The zero-order valence-corrected chi connectivity index (χ0v) is 12.6. The fourth-order valence-electron chi connectivity index (χ4n) is 1.41. The Morgan fingerprint density at radius 1 is 1.48 bits per heavy atom. The molecule has 0 spiro atoms. The average molecular weight is 371 g/mol. The second-order valence-corrected chi connectivity index (χ2v) is 4.98. The number of benzene rings is 1. The fraction of sp³-hybridized carbons (Fsp3) is 0.417. The standard InChI is InChI=1S/C12H14BrF3N2O3/c1-20-5-4-8(17)11(19)18-9-3-2-7(13)6-10(9)21-12(14,15)16/h2-3,6,8H,4-5,17H2,1H3,(H,18,19). The number of methoxy groups -OCH3 is 1. The molecule has 1 rings (SSSR count). The summed E-state index contributed by atoms with van der Waals surface area (Å²) in [6.07, 6.45) is -4.62. The lowest BCUT2D eigenvalue weighted by atomic mass is 10.2. The number of rotatable bonds is 6. The van der Waals surface area contributed by atoms with E-state index in [2.05, 4.69) is 26.0 Å². The van der Waals surface area contributed by atoms with E-state index in [0.717, 1.165) is 6.07 Å². The van der Waals surface area contributed by atoms with Gasteiger partial charge in [-0.05, 0) is 24.6 Å². The van der Waals surface area contributed by atoms with Crippen LogP contribution in [0.5, 0.6) is 5.75 Å². The Balaban J connectivity index is 2.85. The van der Waals surface area contributed by atoms with E-state index in [4.69, 9.17) is 10.5 Å². The second-order valence-electron chi connectivity index (χ2n) is 4.07. The van der Waals surface area contributed by atoms with Gasteiger partial charge in [0.25, 0.3) is 0 Å². The molecule has 0 saturated carbocycles. The first kappa shape index (κ1) is 17.7. The molecule has 5 nitrogen and oxygen atoms in total. The number of halogens is 4. The maximum absolute atomic E-state index is 12.3.